The number of primary amides is 1. The smallest absolute Gasteiger partial charge is 0.252 e. The third-order valence-electron chi connectivity index (χ3n) is 5.21. The molecule has 1 aromatic carbocycles. The van der Waals surface area contributed by atoms with E-state index in [0.29, 0.717) is 30.3 Å². The maximum Gasteiger partial charge on any atom is 0.252 e. The monoisotopic (exact) mass is 381 g/mol. The van der Waals surface area contributed by atoms with Crippen LogP contribution in [0.1, 0.15) is 41.6 Å². The first kappa shape index (κ1) is 19.9. The molecule has 1 aliphatic heterocycles. The van der Waals surface area contributed by atoms with E-state index in [4.69, 9.17) is 10.5 Å². The second-order valence-corrected chi connectivity index (χ2v) is 7.21. The molecule has 1 aliphatic rings. The maximum absolute atomic E-state index is 12.4. The Kier molecular flexibility index (Phi) is 7.00. The summed E-state index contributed by atoms with van der Waals surface area (Å²) in [6.45, 7) is 2.19. The summed E-state index contributed by atoms with van der Waals surface area (Å²) < 4.78 is 5.74. The number of likely N-dealkylation sites (tertiary alicyclic amines) is 1. The summed E-state index contributed by atoms with van der Waals surface area (Å²) in [6, 6.07) is 10.9. The molecule has 1 aromatic heterocycles. The largest absolute Gasteiger partial charge is 0.493 e. The zero-order valence-electron chi connectivity index (χ0n) is 16.0. The van der Waals surface area contributed by atoms with Crippen LogP contribution in [-0.2, 0) is 11.2 Å². The Bertz CT molecular complexity index is 787. The van der Waals surface area contributed by atoms with E-state index in [-0.39, 0.29) is 5.91 Å². The molecule has 6 nitrogen and oxygen atoms in total. The summed E-state index contributed by atoms with van der Waals surface area (Å²) in [6.07, 6.45) is 7.92. The minimum atomic E-state index is -0.473. The van der Waals surface area contributed by atoms with Crippen molar-refractivity contribution in [3.63, 3.8) is 0 Å². The van der Waals surface area contributed by atoms with Gasteiger partial charge in [-0.1, -0.05) is 18.2 Å². The highest BCUT2D eigenvalue weighted by atomic mass is 16.5. The number of amides is 2. The molecule has 0 unspecified atom stereocenters. The van der Waals surface area contributed by atoms with Gasteiger partial charge in [0.05, 0.1) is 18.6 Å². The molecule has 0 atom stereocenters. The Labute approximate surface area is 165 Å². The zero-order chi connectivity index (χ0) is 19.8. The van der Waals surface area contributed by atoms with Crippen LogP contribution in [0.25, 0.3) is 0 Å². The van der Waals surface area contributed by atoms with E-state index >= 15 is 0 Å². The summed E-state index contributed by atoms with van der Waals surface area (Å²) in [5, 5.41) is 0. The van der Waals surface area contributed by atoms with Crippen LogP contribution in [0.15, 0.2) is 48.8 Å². The molecule has 28 heavy (non-hydrogen) atoms. The van der Waals surface area contributed by atoms with Crippen LogP contribution in [0.5, 0.6) is 5.75 Å². The molecule has 3 rings (SSSR count). The number of ether oxygens (including phenoxy) is 1. The fraction of sp³-hybridized carbons (Fsp3) is 0.409. The van der Waals surface area contributed by atoms with Crippen LogP contribution in [0.3, 0.4) is 0 Å². The van der Waals surface area contributed by atoms with Gasteiger partial charge in [0.1, 0.15) is 5.75 Å². The number of hydrogen-bond donors (Lipinski definition) is 1. The number of nitrogens with zero attached hydrogens (tertiary/aromatic N) is 2. The van der Waals surface area contributed by atoms with Crippen LogP contribution in [0.2, 0.25) is 0 Å². The van der Waals surface area contributed by atoms with E-state index in [2.05, 4.69) is 4.98 Å². The van der Waals surface area contributed by atoms with E-state index in [0.717, 1.165) is 44.3 Å². The average molecular weight is 381 g/mol. The Hall–Kier alpha value is -2.89. The highest BCUT2D eigenvalue weighted by molar-refractivity contribution is 5.95. The minimum absolute atomic E-state index is 0.179. The predicted molar refractivity (Wildman–Crippen MR) is 107 cm³/mol. The lowest BCUT2D eigenvalue weighted by Crippen LogP contribution is -2.39. The van der Waals surface area contributed by atoms with Gasteiger partial charge in [0.25, 0.3) is 5.91 Å². The summed E-state index contributed by atoms with van der Waals surface area (Å²) in [4.78, 5) is 29.9. The quantitative estimate of drug-likeness (QED) is 0.713. The highest BCUT2D eigenvalue weighted by Crippen LogP contribution is 2.23. The summed E-state index contributed by atoms with van der Waals surface area (Å²) in [5.74, 6) is 0.861. The van der Waals surface area contributed by atoms with Crippen molar-refractivity contribution in [3.8, 4) is 5.75 Å². The van der Waals surface area contributed by atoms with Gasteiger partial charge in [-0.3, -0.25) is 14.6 Å². The molecule has 6 heteroatoms. The zero-order valence-corrected chi connectivity index (χ0v) is 16.0. The second-order valence-electron chi connectivity index (χ2n) is 7.21. The van der Waals surface area contributed by atoms with E-state index in [9.17, 15) is 9.59 Å². The number of carbonyl (C=O) groups excluding carboxylic acids is 2. The number of hydrogen-bond acceptors (Lipinski definition) is 4. The van der Waals surface area contributed by atoms with E-state index in [1.165, 1.54) is 0 Å². The van der Waals surface area contributed by atoms with Crippen LogP contribution < -0.4 is 10.5 Å². The number of rotatable bonds is 8. The lowest BCUT2D eigenvalue weighted by molar-refractivity contribution is -0.131. The molecule has 2 N–H and O–H groups in total. The van der Waals surface area contributed by atoms with Gasteiger partial charge in [0, 0.05) is 25.5 Å². The SMILES string of the molecule is NC(=O)c1ccccc1OCCCC1CCN(C(=O)Cc2cccnc2)CC1. The molecule has 148 valence electrons. The summed E-state index contributed by atoms with van der Waals surface area (Å²) in [7, 11) is 0. The fourth-order valence-corrected chi connectivity index (χ4v) is 3.61. The van der Waals surface area contributed by atoms with Crippen molar-refractivity contribution in [1.82, 2.24) is 9.88 Å². The number of benzene rings is 1. The maximum atomic E-state index is 12.4. The normalized spacial score (nSPS) is 14.6. The number of pyridine rings is 1. The number of para-hydroxylation sites is 1. The Balaban J connectivity index is 1.36. The first-order valence-corrected chi connectivity index (χ1v) is 9.82. The first-order valence-electron chi connectivity index (χ1n) is 9.82. The molecule has 1 fully saturated rings. The Morgan fingerprint density at radius 3 is 2.64 bits per heavy atom. The second kappa shape index (κ2) is 9.88. The van der Waals surface area contributed by atoms with Crippen LogP contribution in [-0.4, -0.2) is 41.4 Å². The molecular formula is C22H27N3O3. The molecule has 2 aromatic rings. The molecule has 2 heterocycles. The molecule has 1 saturated heterocycles. The van der Waals surface area contributed by atoms with Gasteiger partial charge in [-0.15, -0.1) is 0 Å². The van der Waals surface area contributed by atoms with Gasteiger partial charge in [-0.25, -0.2) is 0 Å². The van der Waals surface area contributed by atoms with Gasteiger partial charge < -0.3 is 15.4 Å². The van der Waals surface area contributed by atoms with Gasteiger partial charge in [-0.2, -0.15) is 0 Å². The van der Waals surface area contributed by atoms with Crippen molar-refractivity contribution < 1.29 is 14.3 Å². The van der Waals surface area contributed by atoms with Gasteiger partial charge >= 0.3 is 0 Å². The fourth-order valence-electron chi connectivity index (χ4n) is 3.61. The van der Waals surface area contributed by atoms with Crippen LogP contribution >= 0.6 is 0 Å². The molecule has 0 bridgehead atoms. The van der Waals surface area contributed by atoms with Crippen molar-refractivity contribution in [2.45, 2.75) is 32.1 Å². The van der Waals surface area contributed by atoms with E-state index < -0.39 is 5.91 Å². The number of carbonyl (C=O) groups is 2. The van der Waals surface area contributed by atoms with Gasteiger partial charge in [-0.05, 0) is 55.4 Å². The topological polar surface area (TPSA) is 85.5 Å². The Morgan fingerprint density at radius 2 is 1.93 bits per heavy atom. The highest BCUT2D eigenvalue weighted by Gasteiger charge is 2.22. The lowest BCUT2D eigenvalue weighted by atomic mass is 9.92. The molecule has 0 saturated carbocycles. The number of aromatic nitrogens is 1. The third-order valence-corrected chi connectivity index (χ3v) is 5.21. The van der Waals surface area contributed by atoms with Crippen LogP contribution in [0, 0.1) is 5.92 Å². The van der Waals surface area contributed by atoms with Crippen molar-refractivity contribution in [2.75, 3.05) is 19.7 Å². The van der Waals surface area contributed by atoms with E-state index in [1.54, 1.807) is 30.6 Å². The summed E-state index contributed by atoms with van der Waals surface area (Å²) in [5.41, 5.74) is 6.75. The van der Waals surface area contributed by atoms with Crippen LogP contribution in [0.4, 0.5) is 0 Å². The van der Waals surface area contributed by atoms with Gasteiger partial charge in [0.15, 0.2) is 0 Å². The predicted octanol–water partition coefficient (Wildman–Crippen LogP) is 2.82. The number of nitrogens with two attached hydrogens (primary N) is 1. The van der Waals surface area contributed by atoms with Crippen molar-refractivity contribution in [3.05, 3.63) is 59.9 Å². The summed E-state index contributed by atoms with van der Waals surface area (Å²) >= 11 is 0. The average Bonchev–Trinajstić information content (AvgIpc) is 2.72. The molecule has 0 aliphatic carbocycles. The number of piperidine rings is 1. The molecule has 0 spiro atoms. The van der Waals surface area contributed by atoms with Crippen molar-refractivity contribution >= 4 is 11.8 Å². The van der Waals surface area contributed by atoms with Gasteiger partial charge in [0.2, 0.25) is 5.91 Å². The molecule has 2 amide bonds. The standard InChI is InChI=1S/C22H27N3O3/c23-22(27)19-7-1-2-8-20(19)28-14-4-6-17-9-12-25(13-10-17)21(26)15-18-5-3-11-24-16-18/h1-3,5,7-8,11,16-17H,4,6,9-10,12-15H2,(H2,23,27). The van der Waals surface area contributed by atoms with Crippen molar-refractivity contribution in [2.24, 2.45) is 11.7 Å². The lowest BCUT2D eigenvalue weighted by Gasteiger charge is -2.32. The molecule has 0 radical (unpaired) electrons. The van der Waals surface area contributed by atoms with Crippen molar-refractivity contribution in [1.29, 1.82) is 0 Å². The first-order chi connectivity index (χ1) is 13.6. The molecular weight excluding hydrogens is 354 g/mol. The van der Waals surface area contributed by atoms with E-state index in [1.807, 2.05) is 23.1 Å². The minimum Gasteiger partial charge on any atom is -0.493 e. The Morgan fingerprint density at radius 1 is 1.14 bits per heavy atom. The third kappa shape index (κ3) is 5.55.